The van der Waals surface area contributed by atoms with Gasteiger partial charge >= 0.3 is 0 Å². The Bertz CT molecular complexity index is 556. The van der Waals surface area contributed by atoms with E-state index in [-0.39, 0.29) is 12.5 Å². The highest BCUT2D eigenvalue weighted by molar-refractivity contribution is 5.94. The average molecular weight is 315 g/mol. The third-order valence-corrected chi connectivity index (χ3v) is 4.30. The van der Waals surface area contributed by atoms with Crippen molar-refractivity contribution >= 4 is 5.91 Å². The summed E-state index contributed by atoms with van der Waals surface area (Å²) in [5.41, 5.74) is 0.568. The molecule has 0 unspecified atom stereocenters. The molecule has 1 N–H and O–H groups in total. The summed E-state index contributed by atoms with van der Waals surface area (Å²) >= 11 is 0. The van der Waals surface area contributed by atoms with E-state index in [0.717, 1.165) is 18.9 Å². The molecule has 0 heterocycles. The lowest BCUT2D eigenvalue weighted by atomic mass is 9.87. The van der Waals surface area contributed by atoms with Crippen LogP contribution in [0.1, 0.15) is 48.9 Å². The number of ether oxygens (including phenoxy) is 2. The maximum absolute atomic E-state index is 12.2. The minimum Gasteiger partial charge on any atom is -0.493 e. The quantitative estimate of drug-likeness (QED) is 0.784. The van der Waals surface area contributed by atoms with E-state index in [1.807, 2.05) is 0 Å². The van der Waals surface area contributed by atoms with E-state index in [2.05, 4.69) is 11.2 Å². The predicted molar refractivity (Wildman–Crippen MR) is 90.8 cm³/mol. The zero-order valence-electron chi connectivity index (χ0n) is 13.8. The number of rotatable bonds is 7. The third-order valence-electron chi connectivity index (χ3n) is 4.30. The molecular formula is C19H25NO3. The molecule has 1 aromatic rings. The number of nitrogens with one attached hydrogen (secondary N) is 1. The Labute approximate surface area is 138 Å². The van der Waals surface area contributed by atoms with Crippen LogP contribution in [0, 0.1) is 18.3 Å². The van der Waals surface area contributed by atoms with Gasteiger partial charge in [0, 0.05) is 12.1 Å². The first-order valence-electron chi connectivity index (χ1n) is 8.27. The minimum atomic E-state index is -0.0809. The Morgan fingerprint density at radius 3 is 2.78 bits per heavy atom. The summed E-state index contributed by atoms with van der Waals surface area (Å²) in [4.78, 5) is 12.2. The van der Waals surface area contributed by atoms with Crippen molar-refractivity contribution in [2.24, 2.45) is 5.92 Å². The van der Waals surface area contributed by atoms with Gasteiger partial charge in [0.25, 0.3) is 5.91 Å². The summed E-state index contributed by atoms with van der Waals surface area (Å²) in [6.07, 6.45) is 12.9. The molecule has 1 amide bonds. The van der Waals surface area contributed by atoms with Gasteiger partial charge in [0.1, 0.15) is 6.61 Å². The van der Waals surface area contributed by atoms with E-state index >= 15 is 0 Å². The van der Waals surface area contributed by atoms with Crippen LogP contribution in [0.2, 0.25) is 0 Å². The highest BCUT2D eigenvalue weighted by atomic mass is 16.5. The van der Waals surface area contributed by atoms with E-state index in [1.54, 1.807) is 25.3 Å². The van der Waals surface area contributed by atoms with Gasteiger partial charge in [0.2, 0.25) is 0 Å². The van der Waals surface area contributed by atoms with Gasteiger partial charge < -0.3 is 14.8 Å². The van der Waals surface area contributed by atoms with Gasteiger partial charge in [-0.25, -0.2) is 0 Å². The molecular weight excluding hydrogens is 290 g/mol. The molecule has 0 aliphatic heterocycles. The van der Waals surface area contributed by atoms with Crippen LogP contribution < -0.4 is 14.8 Å². The first-order chi connectivity index (χ1) is 11.2. The molecule has 1 aliphatic carbocycles. The second-order valence-electron chi connectivity index (χ2n) is 5.91. The molecule has 2 rings (SSSR count). The van der Waals surface area contributed by atoms with Crippen molar-refractivity contribution < 1.29 is 14.3 Å². The number of benzene rings is 1. The molecule has 0 radical (unpaired) electrons. The average Bonchev–Trinajstić information content (AvgIpc) is 2.60. The van der Waals surface area contributed by atoms with Crippen molar-refractivity contribution in [3.63, 3.8) is 0 Å². The highest BCUT2D eigenvalue weighted by Gasteiger charge is 2.14. The second kappa shape index (κ2) is 9.09. The van der Waals surface area contributed by atoms with Gasteiger partial charge in [-0.05, 0) is 30.5 Å². The Morgan fingerprint density at radius 1 is 1.30 bits per heavy atom. The molecule has 0 spiro atoms. The number of terminal acetylenes is 1. The number of amides is 1. The molecule has 23 heavy (non-hydrogen) atoms. The smallest absolute Gasteiger partial charge is 0.251 e. The van der Waals surface area contributed by atoms with Gasteiger partial charge in [-0.15, -0.1) is 6.42 Å². The molecule has 4 nitrogen and oxygen atoms in total. The molecule has 0 aromatic heterocycles. The SMILES string of the molecule is C#CCOc1ccc(C(=O)NCCC2CCCCC2)cc1OC. The molecule has 124 valence electrons. The minimum absolute atomic E-state index is 0.0809. The van der Waals surface area contributed by atoms with Gasteiger partial charge in [0.15, 0.2) is 11.5 Å². The molecule has 1 saturated carbocycles. The predicted octanol–water partition coefficient (Wildman–Crippen LogP) is 3.41. The lowest BCUT2D eigenvalue weighted by Gasteiger charge is -2.21. The fourth-order valence-corrected chi connectivity index (χ4v) is 3.02. The van der Waals surface area contributed by atoms with E-state index in [0.29, 0.717) is 17.1 Å². The van der Waals surface area contributed by atoms with Gasteiger partial charge in [-0.1, -0.05) is 38.0 Å². The molecule has 0 saturated heterocycles. The Hall–Kier alpha value is -2.15. The van der Waals surface area contributed by atoms with Crippen molar-refractivity contribution in [2.45, 2.75) is 38.5 Å². The first-order valence-corrected chi connectivity index (χ1v) is 8.27. The van der Waals surface area contributed by atoms with Crippen LogP contribution in [-0.4, -0.2) is 26.2 Å². The fourth-order valence-electron chi connectivity index (χ4n) is 3.02. The van der Waals surface area contributed by atoms with Crippen LogP contribution in [0.25, 0.3) is 0 Å². The maximum atomic E-state index is 12.2. The van der Waals surface area contributed by atoms with Crippen molar-refractivity contribution in [2.75, 3.05) is 20.3 Å². The Morgan fingerprint density at radius 2 is 2.09 bits per heavy atom. The van der Waals surface area contributed by atoms with Gasteiger partial charge in [-0.3, -0.25) is 4.79 Å². The monoisotopic (exact) mass is 315 g/mol. The van der Waals surface area contributed by atoms with E-state index < -0.39 is 0 Å². The third kappa shape index (κ3) is 5.21. The Kier molecular flexibility index (Phi) is 6.80. The molecule has 0 atom stereocenters. The summed E-state index contributed by atoms with van der Waals surface area (Å²) in [5.74, 6) is 4.15. The maximum Gasteiger partial charge on any atom is 0.251 e. The molecule has 1 aliphatic rings. The number of hydrogen-bond acceptors (Lipinski definition) is 3. The standard InChI is InChI=1S/C19H25NO3/c1-3-13-23-17-10-9-16(14-18(17)22-2)19(21)20-12-11-15-7-5-4-6-8-15/h1,9-10,14-15H,4-8,11-13H2,2H3,(H,20,21). The number of methoxy groups -OCH3 is 1. The largest absolute Gasteiger partial charge is 0.493 e. The molecule has 0 bridgehead atoms. The zero-order valence-corrected chi connectivity index (χ0v) is 13.8. The van der Waals surface area contributed by atoms with Crippen molar-refractivity contribution in [3.05, 3.63) is 23.8 Å². The molecule has 1 fully saturated rings. The molecule has 1 aromatic carbocycles. The highest BCUT2D eigenvalue weighted by Crippen LogP contribution is 2.28. The number of carbonyl (C=O) groups excluding carboxylic acids is 1. The van der Waals surface area contributed by atoms with Crippen LogP contribution in [-0.2, 0) is 0 Å². The van der Waals surface area contributed by atoms with Crippen molar-refractivity contribution in [1.29, 1.82) is 0 Å². The summed E-state index contributed by atoms with van der Waals surface area (Å²) in [5, 5.41) is 2.99. The first kappa shape index (κ1) is 17.2. The van der Waals surface area contributed by atoms with Crippen LogP contribution in [0.3, 0.4) is 0 Å². The van der Waals surface area contributed by atoms with Crippen LogP contribution >= 0.6 is 0 Å². The molecule has 4 heteroatoms. The summed E-state index contributed by atoms with van der Waals surface area (Å²) in [7, 11) is 1.54. The van der Waals surface area contributed by atoms with Crippen molar-refractivity contribution in [1.82, 2.24) is 5.32 Å². The topological polar surface area (TPSA) is 47.6 Å². The lowest BCUT2D eigenvalue weighted by molar-refractivity contribution is 0.0950. The van der Waals surface area contributed by atoms with Gasteiger partial charge in [0.05, 0.1) is 7.11 Å². The van der Waals surface area contributed by atoms with E-state index in [4.69, 9.17) is 15.9 Å². The summed E-state index contributed by atoms with van der Waals surface area (Å²) < 4.78 is 10.6. The normalized spacial score (nSPS) is 14.8. The van der Waals surface area contributed by atoms with Crippen LogP contribution in [0.15, 0.2) is 18.2 Å². The van der Waals surface area contributed by atoms with Crippen molar-refractivity contribution in [3.8, 4) is 23.8 Å². The van der Waals surface area contributed by atoms with Gasteiger partial charge in [-0.2, -0.15) is 0 Å². The van der Waals surface area contributed by atoms with E-state index in [1.165, 1.54) is 32.1 Å². The van der Waals surface area contributed by atoms with Crippen LogP contribution in [0.4, 0.5) is 0 Å². The van der Waals surface area contributed by atoms with E-state index in [9.17, 15) is 4.79 Å². The fraction of sp³-hybridized carbons (Fsp3) is 0.526. The van der Waals surface area contributed by atoms with Crippen LogP contribution in [0.5, 0.6) is 11.5 Å². The second-order valence-corrected chi connectivity index (χ2v) is 5.91. The lowest BCUT2D eigenvalue weighted by Crippen LogP contribution is -2.26. The Balaban J connectivity index is 1.87. The zero-order chi connectivity index (χ0) is 16.5. The number of carbonyl (C=O) groups is 1. The summed E-state index contributed by atoms with van der Waals surface area (Å²) in [6.45, 7) is 0.893. The summed E-state index contributed by atoms with van der Waals surface area (Å²) in [6, 6.07) is 5.12. The number of hydrogen-bond donors (Lipinski definition) is 1.